The molecule has 0 spiro atoms. The second-order valence-electron chi connectivity index (χ2n) is 7.70. The van der Waals surface area contributed by atoms with Gasteiger partial charge in [-0.25, -0.2) is 4.79 Å². The van der Waals surface area contributed by atoms with Crippen molar-refractivity contribution >= 4 is 23.7 Å². The average molecular weight is 454 g/mol. The molecule has 0 heterocycles. The van der Waals surface area contributed by atoms with E-state index in [1.807, 2.05) is 36.4 Å². The van der Waals surface area contributed by atoms with Gasteiger partial charge in [0.05, 0.1) is 13.0 Å². The van der Waals surface area contributed by atoms with Gasteiger partial charge < -0.3 is 20.5 Å². The summed E-state index contributed by atoms with van der Waals surface area (Å²) >= 11 is 0. The number of hydrogen-bond acceptors (Lipinski definition) is 4. The number of carbonyl (C=O) groups excluding carboxylic acids is 2. The van der Waals surface area contributed by atoms with E-state index in [9.17, 15) is 14.4 Å². The molecule has 7 heteroatoms. The number of carboxylic acid groups (broad SMARTS) is 1. The summed E-state index contributed by atoms with van der Waals surface area (Å²) in [5.41, 5.74) is 5.69. The minimum atomic E-state index is -0.924. The predicted molar refractivity (Wildman–Crippen MR) is 127 cm³/mol. The molecule has 3 aromatic rings. The molecule has 1 aliphatic rings. The molecule has 170 valence electrons. The SMILES string of the molecule is O=C(O)Cc1ccc(NC(=O)C#CCNC(=O)OCC2c3ccccc3-c3ccccc32)cc1. The van der Waals surface area contributed by atoms with Crippen LogP contribution < -0.4 is 10.6 Å². The molecule has 0 aliphatic heterocycles. The van der Waals surface area contributed by atoms with Gasteiger partial charge in [0.2, 0.25) is 0 Å². The van der Waals surface area contributed by atoms with Crippen LogP contribution in [-0.2, 0) is 20.7 Å². The molecule has 2 amide bonds. The lowest BCUT2D eigenvalue weighted by atomic mass is 9.98. The zero-order chi connectivity index (χ0) is 23.9. The van der Waals surface area contributed by atoms with Crippen LogP contribution in [0.2, 0.25) is 0 Å². The lowest BCUT2D eigenvalue weighted by Crippen LogP contribution is -2.26. The predicted octanol–water partition coefficient (Wildman–Crippen LogP) is 3.79. The van der Waals surface area contributed by atoms with E-state index >= 15 is 0 Å². The second-order valence-corrected chi connectivity index (χ2v) is 7.70. The smallest absolute Gasteiger partial charge is 0.407 e. The van der Waals surface area contributed by atoms with Crippen LogP contribution in [0.15, 0.2) is 72.8 Å². The van der Waals surface area contributed by atoms with Crippen LogP contribution in [-0.4, -0.2) is 36.2 Å². The van der Waals surface area contributed by atoms with Crippen molar-refractivity contribution in [2.75, 3.05) is 18.5 Å². The molecular formula is C27H22N2O5. The number of anilines is 1. The largest absolute Gasteiger partial charge is 0.481 e. The van der Waals surface area contributed by atoms with Crippen molar-refractivity contribution in [3.63, 3.8) is 0 Å². The molecule has 34 heavy (non-hydrogen) atoms. The van der Waals surface area contributed by atoms with Crippen LogP contribution in [0.25, 0.3) is 11.1 Å². The number of carboxylic acids is 1. The van der Waals surface area contributed by atoms with Crippen molar-refractivity contribution < 1.29 is 24.2 Å². The maximum absolute atomic E-state index is 12.1. The monoisotopic (exact) mass is 454 g/mol. The van der Waals surface area contributed by atoms with Crippen LogP contribution >= 0.6 is 0 Å². The summed E-state index contributed by atoms with van der Waals surface area (Å²) in [5, 5.41) is 13.9. The fourth-order valence-corrected chi connectivity index (χ4v) is 3.93. The van der Waals surface area contributed by atoms with Crippen LogP contribution in [0.4, 0.5) is 10.5 Å². The lowest BCUT2D eigenvalue weighted by Gasteiger charge is -2.14. The van der Waals surface area contributed by atoms with Crippen molar-refractivity contribution in [3.8, 4) is 23.0 Å². The molecule has 0 aromatic heterocycles. The Morgan fingerprint density at radius 1 is 0.882 bits per heavy atom. The first kappa shape index (κ1) is 22.6. The Kier molecular flexibility index (Phi) is 6.89. The topological polar surface area (TPSA) is 105 Å². The molecule has 0 unspecified atom stereocenters. The summed E-state index contributed by atoms with van der Waals surface area (Å²) in [6, 6.07) is 22.6. The minimum Gasteiger partial charge on any atom is -0.481 e. The number of benzene rings is 3. The van der Waals surface area contributed by atoms with Crippen molar-refractivity contribution in [3.05, 3.63) is 89.5 Å². The molecule has 0 fully saturated rings. The first-order valence-corrected chi connectivity index (χ1v) is 10.7. The molecule has 7 nitrogen and oxygen atoms in total. The molecule has 0 radical (unpaired) electrons. The van der Waals surface area contributed by atoms with E-state index in [1.54, 1.807) is 24.3 Å². The molecule has 0 bridgehead atoms. The number of nitrogens with one attached hydrogen (secondary N) is 2. The summed E-state index contributed by atoms with van der Waals surface area (Å²) in [6.07, 6.45) is -0.694. The summed E-state index contributed by atoms with van der Waals surface area (Å²) in [7, 11) is 0. The van der Waals surface area contributed by atoms with E-state index in [4.69, 9.17) is 9.84 Å². The fraction of sp³-hybridized carbons (Fsp3) is 0.148. The van der Waals surface area contributed by atoms with Crippen LogP contribution in [0, 0.1) is 11.8 Å². The number of amides is 2. The zero-order valence-electron chi connectivity index (χ0n) is 18.2. The lowest BCUT2D eigenvalue weighted by molar-refractivity contribution is -0.136. The van der Waals surface area contributed by atoms with Crippen molar-refractivity contribution in [1.82, 2.24) is 5.32 Å². The highest BCUT2D eigenvalue weighted by Crippen LogP contribution is 2.44. The highest BCUT2D eigenvalue weighted by molar-refractivity contribution is 6.04. The molecule has 4 rings (SSSR count). The first-order chi connectivity index (χ1) is 16.5. The maximum atomic E-state index is 12.1. The highest BCUT2D eigenvalue weighted by Gasteiger charge is 2.28. The molecule has 1 aliphatic carbocycles. The van der Waals surface area contributed by atoms with Gasteiger partial charge in [0.1, 0.15) is 6.61 Å². The van der Waals surface area contributed by atoms with Gasteiger partial charge in [-0.1, -0.05) is 66.6 Å². The minimum absolute atomic E-state index is 0.0306. The number of alkyl carbamates (subject to hydrolysis) is 1. The van der Waals surface area contributed by atoms with E-state index in [1.165, 1.54) is 0 Å². The Hall–Kier alpha value is -4.57. The van der Waals surface area contributed by atoms with Gasteiger partial charge in [-0.2, -0.15) is 0 Å². The Labute approximate surface area is 196 Å². The van der Waals surface area contributed by atoms with E-state index in [0.29, 0.717) is 11.3 Å². The Morgan fingerprint density at radius 3 is 2.12 bits per heavy atom. The van der Waals surface area contributed by atoms with Gasteiger partial charge in [0, 0.05) is 11.6 Å². The van der Waals surface area contributed by atoms with Gasteiger partial charge in [0.25, 0.3) is 5.91 Å². The van der Waals surface area contributed by atoms with Gasteiger partial charge in [-0.15, -0.1) is 0 Å². The van der Waals surface area contributed by atoms with E-state index in [2.05, 4.69) is 34.6 Å². The third-order valence-corrected chi connectivity index (χ3v) is 5.43. The number of aliphatic carboxylic acids is 1. The summed E-state index contributed by atoms with van der Waals surface area (Å²) in [6.45, 7) is 0.160. The fourth-order valence-electron chi connectivity index (χ4n) is 3.93. The Morgan fingerprint density at radius 2 is 1.50 bits per heavy atom. The average Bonchev–Trinajstić information content (AvgIpc) is 3.15. The van der Waals surface area contributed by atoms with Crippen LogP contribution in [0.3, 0.4) is 0 Å². The Balaban J connectivity index is 1.24. The van der Waals surface area contributed by atoms with Crippen molar-refractivity contribution in [2.45, 2.75) is 12.3 Å². The second kappa shape index (κ2) is 10.4. The van der Waals surface area contributed by atoms with Crippen molar-refractivity contribution in [1.29, 1.82) is 0 Å². The maximum Gasteiger partial charge on any atom is 0.407 e. The van der Waals surface area contributed by atoms with E-state index in [-0.39, 0.29) is 25.5 Å². The molecule has 3 N–H and O–H groups in total. The number of hydrogen-bond donors (Lipinski definition) is 3. The summed E-state index contributed by atoms with van der Waals surface area (Å²) < 4.78 is 5.42. The molecule has 3 aromatic carbocycles. The molecular weight excluding hydrogens is 432 g/mol. The van der Waals surface area contributed by atoms with E-state index in [0.717, 1.165) is 22.3 Å². The van der Waals surface area contributed by atoms with Crippen LogP contribution in [0.5, 0.6) is 0 Å². The number of ether oxygens (including phenoxy) is 1. The number of rotatable bonds is 6. The van der Waals surface area contributed by atoms with Gasteiger partial charge >= 0.3 is 12.1 Å². The van der Waals surface area contributed by atoms with Crippen LogP contribution in [0.1, 0.15) is 22.6 Å². The summed E-state index contributed by atoms with van der Waals surface area (Å²) in [4.78, 5) is 34.8. The molecule has 0 atom stereocenters. The Bertz CT molecular complexity index is 1240. The first-order valence-electron chi connectivity index (χ1n) is 10.7. The third-order valence-electron chi connectivity index (χ3n) is 5.43. The zero-order valence-corrected chi connectivity index (χ0v) is 18.2. The summed E-state index contributed by atoms with van der Waals surface area (Å²) in [5.74, 6) is 3.48. The third kappa shape index (κ3) is 5.43. The molecule has 0 saturated heterocycles. The normalized spacial score (nSPS) is 11.4. The quantitative estimate of drug-likeness (QED) is 0.492. The van der Waals surface area contributed by atoms with Gasteiger partial charge in [-0.05, 0) is 45.9 Å². The molecule has 0 saturated carbocycles. The number of fused-ring (bicyclic) bond motifs is 3. The van der Waals surface area contributed by atoms with Crippen molar-refractivity contribution in [2.24, 2.45) is 0 Å². The standard InChI is InChI=1S/C27H22N2O5/c30-25(29-19-13-11-18(12-14-19)16-26(31)32)10-5-15-28-27(33)34-17-24-22-8-3-1-6-20(22)21-7-2-4-9-23(21)24/h1-4,6-9,11-14,24H,15-17H2,(H,28,33)(H,29,30)(H,31,32). The van der Waals surface area contributed by atoms with Gasteiger partial charge in [0.15, 0.2) is 0 Å². The highest BCUT2D eigenvalue weighted by atomic mass is 16.5. The number of carbonyl (C=O) groups is 3. The van der Waals surface area contributed by atoms with E-state index < -0.39 is 18.0 Å². The van der Waals surface area contributed by atoms with Gasteiger partial charge in [-0.3, -0.25) is 9.59 Å².